The third kappa shape index (κ3) is 3.44. The van der Waals surface area contributed by atoms with Gasteiger partial charge in [-0.15, -0.1) is 0 Å². The van der Waals surface area contributed by atoms with Gasteiger partial charge in [-0.2, -0.15) is 0 Å². The number of rotatable bonds is 5. The summed E-state index contributed by atoms with van der Waals surface area (Å²) in [6.07, 6.45) is 4.12. The fourth-order valence-electron chi connectivity index (χ4n) is 4.15. The molecule has 7 nitrogen and oxygen atoms in total. The Hall–Kier alpha value is -3.22. The Kier molecular flexibility index (Phi) is 4.73. The van der Waals surface area contributed by atoms with E-state index in [-0.39, 0.29) is 12.1 Å². The predicted octanol–water partition coefficient (Wildman–Crippen LogP) is 5.09. The summed E-state index contributed by atoms with van der Waals surface area (Å²) in [7, 11) is 3.27. The molecule has 2 heterocycles. The summed E-state index contributed by atoms with van der Waals surface area (Å²) in [6, 6.07) is 11.2. The van der Waals surface area contributed by atoms with Gasteiger partial charge in [-0.1, -0.05) is 0 Å². The third-order valence-electron chi connectivity index (χ3n) is 5.90. The first-order valence-electron chi connectivity index (χ1n) is 10.4. The van der Waals surface area contributed by atoms with Gasteiger partial charge in [-0.3, -0.25) is 0 Å². The van der Waals surface area contributed by atoms with Crippen LogP contribution in [0, 0.1) is 0 Å². The molecule has 1 aliphatic carbocycles. The number of carbonyl (C=O) groups is 1. The highest BCUT2D eigenvalue weighted by Gasteiger charge is 2.32. The molecule has 156 valence electrons. The van der Waals surface area contributed by atoms with Crippen molar-refractivity contribution in [2.45, 2.75) is 37.6 Å². The van der Waals surface area contributed by atoms with Crippen molar-refractivity contribution in [3.63, 3.8) is 0 Å². The van der Waals surface area contributed by atoms with Crippen molar-refractivity contribution < 1.29 is 18.7 Å². The van der Waals surface area contributed by atoms with Crippen LogP contribution in [0.4, 0.5) is 10.5 Å². The second kappa shape index (κ2) is 7.55. The lowest BCUT2D eigenvalue weighted by atomic mass is 10.0. The maximum absolute atomic E-state index is 13.1. The number of hydrogen-bond donors (Lipinski definition) is 1. The van der Waals surface area contributed by atoms with Crippen LogP contribution in [0.3, 0.4) is 0 Å². The molecule has 1 aliphatic heterocycles. The summed E-state index contributed by atoms with van der Waals surface area (Å²) in [5.74, 6) is 2.73. The van der Waals surface area contributed by atoms with Gasteiger partial charge in [-0.25, -0.2) is 9.78 Å². The smallest absolute Gasteiger partial charge is 0.322 e. The summed E-state index contributed by atoms with van der Waals surface area (Å²) < 4.78 is 16.7. The molecule has 1 aromatic heterocycles. The van der Waals surface area contributed by atoms with Crippen molar-refractivity contribution >= 4 is 22.8 Å². The van der Waals surface area contributed by atoms with Gasteiger partial charge in [-0.05, 0) is 56.0 Å². The van der Waals surface area contributed by atoms with Gasteiger partial charge in [0.1, 0.15) is 17.0 Å². The van der Waals surface area contributed by atoms with Crippen LogP contribution >= 0.6 is 0 Å². The normalized spacial score (nSPS) is 18.6. The van der Waals surface area contributed by atoms with Gasteiger partial charge in [0.15, 0.2) is 11.5 Å². The molecule has 3 aromatic rings. The number of nitrogens with zero attached hydrogens (tertiary/aromatic N) is 2. The molecule has 2 aliphatic rings. The van der Waals surface area contributed by atoms with Gasteiger partial charge in [0, 0.05) is 29.8 Å². The summed E-state index contributed by atoms with van der Waals surface area (Å²) in [6.45, 7) is 0.698. The minimum Gasteiger partial charge on any atom is -0.497 e. The van der Waals surface area contributed by atoms with E-state index in [0.717, 1.165) is 65.4 Å². The Morgan fingerprint density at radius 1 is 1.13 bits per heavy atom. The highest BCUT2D eigenvalue weighted by atomic mass is 16.5. The summed E-state index contributed by atoms with van der Waals surface area (Å²) >= 11 is 0. The van der Waals surface area contributed by atoms with Crippen LogP contribution in [-0.4, -0.2) is 36.7 Å². The molecule has 2 amide bonds. The molecular weight excluding hydrogens is 382 g/mol. The first-order valence-corrected chi connectivity index (χ1v) is 10.4. The molecule has 1 saturated carbocycles. The number of nitrogens with one attached hydrogen (secondary N) is 1. The number of methoxy groups -OCH3 is 2. The SMILES string of the molecule is COc1ccc(C2CCCN2C(=O)Nc2ccc3oc(C4CC4)nc3c2)c(OC)c1. The molecule has 0 radical (unpaired) electrons. The standard InChI is InChI=1S/C23H25N3O4/c1-28-16-8-9-17(21(13-16)29-2)19-4-3-11-26(19)23(27)24-15-7-10-20-18(12-15)25-22(30-20)14-5-6-14/h7-10,12-14,19H,3-6,11H2,1-2H3,(H,24,27). The molecule has 5 rings (SSSR count). The topological polar surface area (TPSA) is 76.8 Å². The largest absolute Gasteiger partial charge is 0.497 e. The molecule has 7 heteroatoms. The zero-order valence-electron chi connectivity index (χ0n) is 17.2. The van der Waals surface area contributed by atoms with Crippen LogP contribution in [0.1, 0.15) is 49.1 Å². The van der Waals surface area contributed by atoms with Gasteiger partial charge in [0.2, 0.25) is 0 Å². The highest BCUT2D eigenvalue weighted by molar-refractivity contribution is 5.92. The molecule has 2 fully saturated rings. The van der Waals surface area contributed by atoms with E-state index in [2.05, 4.69) is 10.3 Å². The number of urea groups is 1. The number of likely N-dealkylation sites (tertiary alicyclic amines) is 1. The summed E-state index contributed by atoms with van der Waals surface area (Å²) in [5, 5.41) is 3.03. The van der Waals surface area contributed by atoms with Crippen molar-refractivity contribution in [1.82, 2.24) is 9.88 Å². The van der Waals surface area contributed by atoms with Gasteiger partial charge >= 0.3 is 6.03 Å². The van der Waals surface area contributed by atoms with Gasteiger partial charge in [0.25, 0.3) is 0 Å². The Balaban J connectivity index is 1.36. The molecule has 2 aromatic carbocycles. The number of oxazole rings is 1. The number of anilines is 1. The molecule has 0 bridgehead atoms. The molecule has 30 heavy (non-hydrogen) atoms. The van der Waals surface area contributed by atoms with Crippen molar-refractivity contribution in [1.29, 1.82) is 0 Å². The number of amides is 2. The van der Waals surface area contributed by atoms with E-state index in [1.165, 1.54) is 0 Å². The lowest BCUT2D eigenvalue weighted by Crippen LogP contribution is -2.34. The minimum atomic E-state index is -0.124. The maximum atomic E-state index is 13.1. The van der Waals surface area contributed by atoms with Crippen LogP contribution in [0.15, 0.2) is 40.8 Å². The molecule has 0 spiro atoms. The molecule has 1 unspecified atom stereocenters. The van der Waals surface area contributed by atoms with E-state index in [1.54, 1.807) is 14.2 Å². The minimum absolute atomic E-state index is 0.0388. The van der Waals surface area contributed by atoms with E-state index in [4.69, 9.17) is 13.9 Å². The second-order valence-corrected chi connectivity index (χ2v) is 7.90. The Bertz CT molecular complexity index is 1090. The molecular formula is C23H25N3O4. The van der Waals surface area contributed by atoms with E-state index in [9.17, 15) is 4.79 Å². The first kappa shape index (κ1) is 18.8. The lowest BCUT2D eigenvalue weighted by molar-refractivity contribution is 0.206. The zero-order valence-corrected chi connectivity index (χ0v) is 17.2. The number of carbonyl (C=O) groups excluding carboxylic acids is 1. The lowest BCUT2D eigenvalue weighted by Gasteiger charge is -2.26. The second-order valence-electron chi connectivity index (χ2n) is 7.90. The van der Waals surface area contributed by atoms with Crippen LogP contribution < -0.4 is 14.8 Å². The van der Waals surface area contributed by atoms with Crippen molar-refractivity contribution in [3.05, 3.63) is 47.9 Å². The van der Waals surface area contributed by atoms with Crippen molar-refractivity contribution in [2.24, 2.45) is 0 Å². The molecule has 1 saturated heterocycles. The van der Waals surface area contributed by atoms with Crippen LogP contribution in [0.25, 0.3) is 11.1 Å². The fourth-order valence-corrected chi connectivity index (χ4v) is 4.15. The highest BCUT2D eigenvalue weighted by Crippen LogP contribution is 2.41. The number of fused-ring (bicyclic) bond motifs is 1. The Labute approximate surface area is 175 Å². The van der Waals surface area contributed by atoms with Crippen LogP contribution in [0.2, 0.25) is 0 Å². The van der Waals surface area contributed by atoms with E-state index in [0.29, 0.717) is 12.5 Å². The number of hydrogen-bond acceptors (Lipinski definition) is 5. The Morgan fingerprint density at radius 3 is 2.77 bits per heavy atom. The molecule has 1 atom stereocenters. The van der Waals surface area contributed by atoms with E-state index < -0.39 is 0 Å². The summed E-state index contributed by atoms with van der Waals surface area (Å²) in [5.41, 5.74) is 3.25. The Morgan fingerprint density at radius 2 is 2.00 bits per heavy atom. The number of aromatic nitrogens is 1. The van der Waals surface area contributed by atoms with Gasteiger partial charge < -0.3 is 24.1 Å². The average Bonchev–Trinajstić information content (AvgIpc) is 3.34. The molecule has 1 N–H and O–H groups in total. The van der Waals surface area contributed by atoms with Crippen molar-refractivity contribution in [3.8, 4) is 11.5 Å². The number of ether oxygens (including phenoxy) is 2. The predicted molar refractivity (Wildman–Crippen MR) is 113 cm³/mol. The van der Waals surface area contributed by atoms with E-state index in [1.807, 2.05) is 41.3 Å². The monoisotopic (exact) mass is 407 g/mol. The van der Waals surface area contributed by atoms with E-state index >= 15 is 0 Å². The van der Waals surface area contributed by atoms with Crippen molar-refractivity contribution in [2.75, 3.05) is 26.1 Å². The summed E-state index contributed by atoms with van der Waals surface area (Å²) in [4.78, 5) is 19.5. The quantitative estimate of drug-likeness (QED) is 0.637. The van der Waals surface area contributed by atoms with Crippen LogP contribution in [-0.2, 0) is 0 Å². The first-order chi connectivity index (χ1) is 14.7. The number of benzene rings is 2. The zero-order chi connectivity index (χ0) is 20.7. The fraction of sp³-hybridized carbons (Fsp3) is 0.391. The van der Waals surface area contributed by atoms with Crippen LogP contribution in [0.5, 0.6) is 11.5 Å². The van der Waals surface area contributed by atoms with Gasteiger partial charge in [0.05, 0.1) is 20.3 Å². The maximum Gasteiger partial charge on any atom is 0.322 e. The average molecular weight is 407 g/mol. The third-order valence-corrected chi connectivity index (χ3v) is 5.90.